The topological polar surface area (TPSA) is 37.4 Å². The number of rotatable bonds is 5. The van der Waals surface area contributed by atoms with Crippen molar-refractivity contribution in [3.8, 4) is 0 Å². The van der Waals surface area contributed by atoms with E-state index in [9.17, 15) is 8.42 Å². The number of piperidine rings is 1. The van der Waals surface area contributed by atoms with Crippen molar-refractivity contribution < 1.29 is 8.42 Å². The van der Waals surface area contributed by atoms with Crippen molar-refractivity contribution in [1.29, 1.82) is 0 Å². The zero-order valence-corrected chi connectivity index (χ0v) is 15.5. The summed E-state index contributed by atoms with van der Waals surface area (Å²) in [6, 6.07) is 17.6. The van der Waals surface area contributed by atoms with Gasteiger partial charge in [0.15, 0.2) is 0 Å². The Morgan fingerprint density at radius 3 is 2.21 bits per heavy atom. The Balaban J connectivity index is 1.62. The molecular weight excluding hydrogens is 338 g/mol. The van der Waals surface area contributed by atoms with E-state index in [1.807, 2.05) is 24.5 Å². The van der Waals surface area contributed by atoms with Crippen LogP contribution in [0.4, 0.5) is 0 Å². The minimum absolute atomic E-state index is 0.404. The number of thioether (sulfide) groups is 1. The van der Waals surface area contributed by atoms with Crippen LogP contribution in [0, 0.1) is 5.92 Å². The largest absolute Gasteiger partial charge is 0.243 e. The molecule has 128 valence electrons. The van der Waals surface area contributed by atoms with E-state index in [1.54, 1.807) is 28.2 Å². The molecule has 1 heterocycles. The molecule has 1 saturated heterocycles. The molecule has 0 amide bonds. The molecule has 0 saturated carbocycles. The van der Waals surface area contributed by atoms with Gasteiger partial charge in [-0.15, -0.1) is 11.8 Å². The molecule has 3 nitrogen and oxygen atoms in total. The van der Waals surface area contributed by atoms with Gasteiger partial charge in [-0.1, -0.05) is 30.3 Å². The van der Waals surface area contributed by atoms with Crippen molar-refractivity contribution in [2.45, 2.75) is 29.1 Å². The van der Waals surface area contributed by atoms with Gasteiger partial charge in [0.25, 0.3) is 0 Å². The predicted molar refractivity (Wildman–Crippen MR) is 99.9 cm³/mol. The van der Waals surface area contributed by atoms with Crippen LogP contribution in [0.5, 0.6) is 0 Å². The van der Waals surface area contributed by atoms with Gasteiger partial charge in [-0.2, -0.15) is 4.31 Å². The maximum absolute atomic E-state index is 12.8. The first-order chi connectivity index (χ1) is 11.6. The molecule has 1 aliphatic rings. The Hall–Kier alpha value is -1.30. The van der Waals surface area contributed by atoms with E-state index in [2.05, 4.69) is 24.3 Å². The third-order valence-corrected chi connectivity index (χ3v) is 7.29. The van der Waals surface area contributed by atoms with Crippen molar-refractivity contribution in [2.24, 2.45) is 5.92 Å². The Kier molecular flexibility index (Phi) is 5.64. The summed E-state index contributed by atoms with van der Waals surface area (Å²) < 4.78 is 27.2. The van der Waals surface area contributed by atoms with Crippen LogP contribution >= 0.6 is 11.8 Å². The average Bonchev–Trinajstić information content (AvgIpc) is 2.63. The van der Waals surface area contributed by atoms with Crippen molar-refractivity contribution >= 4 is 21.8 Å². The molecule has 0 atom stereocenters. The lowest BCUT2D eigenvalue weighted by Gasteiger charge is -2.31. The highest BCUT2D eigenvalue weighted by Gasteiger charge is 2.29. The van der Waals surface area contributed by atoms with Gasteiger partial charge in [0.2, 0.25) is 10.0 Å². The minimum Gasteiger partial charge on any atom is -0.207 e. The first-order valence-electron chi connectivity index (χ1n) is 8.28. The zero-order valence-electron chi connectivity index (χ0n) is 13.9. The summed E-state index contributed by atoms with van der Waals surface area (Å²) in [6.07, 6.45) is 4.88. The highest BCUT2D eigenvalue weighted by Crippen LogP contribution is 2.27. The van der Waals surface area contributed by atoms with E-state index in [-0.39, 0.29) is 0 Å². The van der Waals surface area contributed by atoms with Crippen LogP contribution in [-0.4, -0.2) is 32.1 Å². The highest BCUT2D eigenvalue weighted by molar-refractivity contribution is 7.98. The van der Waals surface area contributed by atoms with Crippen molar-refractivity contribution in [3.63, 3.8) is 0 Å². The van der Waals surface area contributed by atoms with E-state index >= 15 is 0 Å². The summed E-state index contributed by atoms with van der Waals surface area (Å²) >= 11 is 1.62. The average molecular weight is 362 g/mol. The summed E-state index contributed by atoms with van der Waals surface area (Å²) in [5.74, 6) is 0.567. The van der Waals surface area contributed by atoms with Crippen LogP contribution < -0.4 is 0 Å². The van der Waals surface area contributed by atoms with E-state index in [1.165, 1.54) is 5.56 Å². The molecule has 0 N–H and O–H groups in total. The van der Waals surface area contributed by atoms with Crippen molar-refractivity contribution in [2.75, 3.05) is 19.3 Å². The highest BCUT2D eigenvalue weighted by atomic mass is 32.2. The second kappa shape index (κ2) is 7.72. The quantitative estimate of drug-likeness (QED) is 0.754. The lowest BCUT2D eigenvalue weighted by Crippen LogP contribution is -2.38. The fourth-order valence-corrected chi connectivity index (χ4v) is 5.08. The third kappa shape index (κ3) is 4.02. The molecule has 2 aromatic rings. The smallest absolute Gasteiger partial charge is 0.207 e. The van der Waals surface area contributed by atoms with Crippen LogP contribution in [0.25, 0.3) is 0 Å². The third-order valence-electron chi connectivity index (χ3n) is 4.64. The molecule has 2 aromatic carbocycles. The second-order valence-electron chi connectivity index (χ2n) is 6.21. The predicted octanol–water partition coefficient (Wildman–Crippen LogP) is 4.05. The van der Waals surface area contributed by atoms with Gasteiger partial charge < -0.3 is 0 Å². The molecule has 1 fully saturated rings. The monoisotopic (exact) mass is 361 g/mol. The Morgan fingerprint density at radius 2 is 1.62 bits per heavy atom. The maximum Gasteiger partial charge on any atom is 0.243 e. The fraction of sp³-hybridized carbons (Fsp3) is 0.368. The Labute approximate surface area is 149 Å². The molecule has 0 radical (unpaired) electrons. The van der Waals surface area contributed by atoms with Gasteiger partial charge in [0, 0.05) is 18.0 Å². The van der Waals surface area contributed by atoms with E-state index in [0.717, 1.165) is 24.2 Å². The van der Waals surface area contributed by atoms with Crippen LogP contribution in [0.15, 0.2) is 64.4 Å². The SMILES string of the molecule is CSc1ccc(S(=O)(=O)N2CCC(Cc3ccccc3)CC2)cc1. The molecule has 0 aromatic heterocycles. The standard InChI is InChI=1S/C19H23NO2S2/c1-23-18-7-9-19(10-8-18)24(21,22)20-13-11-17(12-14-20)15-16-5-3-2-4-6-16/h2-10,17H,11-15H2,1H3. The maximum atomic E-state index is 12.8. The van der Waals surface area contributed by atoms with Crippen LogP contribution in [-0.2, 0) is 16.4 Å². The molecule has 0 spiro atoms. The Morgan fingerprint density at radius 1 is 1.00 bits per heavy atom. The van der Waals surface area contributed by atoms with E-state index in [0.29, 0.717) is 23.9 Å². The molecular formula is C19H23NO2S2. The van der Waals surface area contributed by atoms with E-state index in [4.69, 9.17) is 0 Å². The summed E-state index contributed by atoms with van der Waals surface area (Å²) in [4.78, 5) is 1.48. The molecule has 0 aliphatic carbocycles. The first kappa shape index (κ1) is 17.5. The van der Waals surface area contributed by atoms with E-state index < -0.39 is 10.0 Å². The number of hydrogen-bond acceptors (Lipinski definition) is 3. The number of sulfonamides is 1. The molecule has 1 aliphatic heterocycles. The lowest BCUT2D eigenvalue weighted by molar-refractivity contribution is 0.273. The molecule has 5 heteroatoms. The Bertz CT molecular complexity index is 750. The summed E-state index contributed by atoms with van der Waals surface area (Å²) in [5.41, 5.74) is 1.34. The number of benzene rings is 2. The van der Waals surface area contributed by atoms with Gasteiger partial charge >= 0.3 is 0 Å². The molecule has 0 bridgehead atoms. The summed E-state index contributed by atoms with van der Waals surface area (Å²) in [5, 5.41) is 0. The van der Waals surface area contributed by atoms with Crippen molar-refractivity contribution in [1.82, 2.24) is 4.31 Å². The van der Waals surface area contributed by atoms with Gasteiger partial charge in [-0.3, -0.25) is 0 Å². The fourth-order valence-electron chi connectivity index (χ4n) is 3.20. The minimum atomic E-state index is -3.36. The summed E-state index contributed by atoms with van der Waals surface area (Å²) in [6.45, 7) is 1.23. The van der Waals surface area contributed by atoms with Crippen LogP contribution in [0.2, 0.25) is 0 Å². The second-order valence-corrected chi connectivity index (χ2v) is 9.03. The molecule has 0 unspecified atom stereocenters. The van der Waals surface area contributed by atoms with Gasteiger partial charge in [0.1, 0.15) is 0 Å². The zero-order chi connectivity index (χ0) is 17.0. The molecule has 24 heavy (non-hydrogen) atoms. The normalized spacial score (nSPS) is 17.0. The summed E-state index contributed by atoms with van der Waals surface area (Å²) in [7, 11) is -3.36. The molecule has 3 rings (SSSR count). The van der Waals surface area contributed by atoms with Crippen LogP contribution in [0.3, 0.4) is 0 Å². The van der Waals surface area contributed by atoms with Gasteiger partial charge in [0.05, 0.1) is 4.90 Å². The first-order valence-corrected chi connectivity index (χ1v) is 10.9. The van der Waals surface area contributed by atoms with Gasteiger partial charge in [-0.05, 0) is 61.3 Å². The number of hydrogen-bond donors (Lipinski definition) is 0. The lowest BCUT2D eigenvalue weighted by atomic mass is 9.91. The van der Waals surface area contributed by atoms with Gasteiger partial charge in [-0.25, -0.2) is 8.42 Å². The van der Waals surface area contributed by atoms with Crippen LogP contribution in [0.1, 0.15) is 18.4 Å². The number of nitrogens with zero attached hydrogens (tertiary/aromatic N) is 1. The van der Waals surface area contributed by atoms with Crippen molar-refractivity contribution in [3.05, 3.63) is 60.2 Å².